The topological polar surface area (TPSA) is 58.6 Å². The first-order valence-corrected chi connectivity index (χ1v) is 5.43. The molecule has 0 aliphatic rings. The molecule has 0 amide bonds. The smallest absolute Gasteiger partial charge is 0.267 e. The fraction of sp³-hybridized carbons (Fsp3) is 0.154. The van der Waals surface area contributed by atoms with E-state index in [0.717, 1.165) is 27.7 Å². The van der Waals surface area contributed by atoms with Crippen molar-refractivity contribution in [1.29, 1.82) is 0 Å². The summed E-state index contributed by atoms with van der Waals surface area (Å²) < 4.78 is 0. The van der Waals surface area contributed by atoms with Crippen molar-refractivity contribution in [2.75, 3.05) is 0 Å². The monoisotopic (exact) mass is 225 g/mol. The van der Waals surface area contributed by atoms with E-state index in [9.17, 15) is 4.79 Å². The minimum absolute atomic E-state index is 0.160. The van der Waals surface area contributed by atoms with Crippen LogP contribution in [0.2, 0.25) is 0 Å². The highest BCUT2D eigenvalue weighted by atomic mass is 16.1. The second-order valence-corrected chi connectivity index (χ2v) is 4.10. The number of benzene rings is 1. The van der Waals surface area contributed by atoms with Gasteiger partial charge in [-0.05, 0) is 19.9 Å². The second kappa shape index (κ2) is 3.38. The van der Waals surface area contributed by atoms with Crippen LogP contribution in [0.15, 0.2) is 29.1 Å². The third kappa shape index (κ3) is 1.34. The van der Waals surface area contributed by atoms with E-state index in [2.05, 4.69) is 15.2 Å². The SMILES string of the molecule is Cc1n[nH]c(=O)c2c1c(C)nc1ccccc12. The number of hydrogen-bond donors (Lipinski definition) is 1. The third-order valence-electron chi connectivity index (χ3n) is 2.99. The fourth-order valence-electron chi connectivity index (χ4n) is 2.26. The van der Waals surface area contributed by atoms with Crippen molar-refractivity contribution in [1.82, 2.24) is 15.2 Å². The number of H-pyrrole nitrogens is 1. The molecule has 1 aromatic carbocycles. The predicted molar refractivity (Wildman–Crippen MR) is 67.1 cm³/mol. The fourth-order valence-corrected chi connectivity index (χ4v) is 2.26. The standard InChI is InChI=1S/C13H11N3O/c1-7-11-8(2)15-16-13(17)12(11)9-5-3-4-6-10(9)14-7/h3-6H,1-2H3,(H,16,17). The Morgan fingerprint density at radius 2 is 1.82 bits per heavy atom. The molecule has 0 aliphatic heterocycles. The van der Waals surface area contributed by atoms with E-state index >= 15 is 0 Å². The van der Waals surface area contributed by atoms with Crippen LogP contribution < -0.4 is 5.56 Å². The molecule has 2 heterocycles. The van der Waals surface area contributed by atoms with Crippen LogP contribution in [-0.4, -0.2) is 15.2 Å². The van der Waals surface area contributed by atoms with Crippen molar-refractivity contribution >= 4 is 21.7 Å². The number of aryl methyl sites for hydroxylation is 2. The summed E-state index contributed by atoms with van der Waals surface area (Å²) in [6.45, 7) is 3.78. The Morgan fingerprint density at radius 1 is 1.06 bits per heavy atom. The number of para-hydroxylation sites is 1. The zero-order valence-electron chi connectivity index (χ0n) is 9.61. The summed E-state index contributed by atoms with van der Waals surface area (Å²) in [6.07, 6.45) is 0. The van der Waals surface area contributed by atoms with Crippen molar-refractivity contribution in [2.24, 2.45) is 0 Å². The van der Waals surface area contributed by atoms with Crippen LogP contribution >= 0.6 is 0 Å². The zero-order valence-corrected chi connectivity index (χ0v) is 9.61. The van der Waals surface area contributed by atoms with E-state index in [1.54, 1.807) is 0 Å². The molecule has 17 heavy (non-hydrogen) atoms. The molecular weight excluding hydrogens is 214 g/mol. The molecule has 0 radical (unpaired) electrons. The van der Waals surface area contributed by atoms with Gasteiger partial charge in [0.05, 0.1) is 16.6 Å². The van der Waals surface area contributed by atoms with Gasteiger partial charge in [-0.15, -0.1) is 0 Å². The third-order valence-corrected chi connectivity index (χ3v) is 2.99. The van der Waals surface area contributed by atoms with Gasteiger partial charge in [0, 0.05) is 16.5 Å². The van der Waals surface area contributed by atoms with Crippen molar-refractivity contribution in [3.05, 3.63) is 46.0 Å². The molecule has 0 atom stereocenters. The maximum Gasteiger partial charge on any atom is 0.272 e. The molecule has 1 N–H and O–H groups in total. The Hall–Kier alpha value is -2.23. The van der Waals surface area contributed by atoms with Crippen LogP contribution in [0, 0.1) is 13.8 Å². The molecule has 0 bridgehead atoms. The van der Waals surface area contributed by atoms with E-state index in [0.29, 0.717) is 5.39 Å². The van der Waals surface area contributed by atoms with Gasteiger partial charge in [-0.1, -0.05) is 18.2 Å². The highest BCUT2D eigenvalue weighted by Crippen LogP contribution is 2.24. The number of rotatable bonds is 0. The van der Waals surface area contributed by atoms with Gasteiger partial charge >= 0.3 is 0 Å². The number of fused-ring (bicyclic) bond motifs is 3. The molecule has 0 unspecified atom stereocenters. The molecular formula is C13H11N3O. The Balaban J connectivity index is 2.75. The van der Waals surface area contributed by atoms with Crippen LogP contribution in [0.5, 0.6) is 0 Å². The molecule has 3 rings (SSSR count). The number of nitrogens with one attached hydrogen (secondary N) is 1. The first-order chi connectivity index (χ1) is 8.18. The summed E-state index contributed by atoms with van der Waals surface area (Å²) in [5, 5.41) is 8.94. The first-order valence-electron chi connectivity index (χ1n) is 5.43. The summed E-state index contributed by atoms with van der Waals surface area (Å²) in [5.41, 5.74) is 2.33. The van der Waals surface area contributed by atoms with E-state index in [1.165, 1.54) is 0 Å². The quantitative estimate of drug-likeness (QED) is 0.596. The summed E-state index contributed by atoms with van der Waals surface area (Å²) >= 11 is 0. The van der Waals surface area contributed by atoms with Gasteiger partial charge in [0.2, 0.25) is 0 Å². The number of aromatic amines is 1. The van der Waals surface area contributed by atoms with Gasteiger partial charge in [0.25, 0.3) is 5.56 Å². The lowest BCUT2D eigenvalue weighted by Gasteiger charge is -2.07. The van der Waals surface area contributed by atoms with Crippen molar-refractivity contribution in [2.45, 2.75) is 13.8 Å². The molecule has 0 saturated carbocycles. The van der Waals surface area contributed by atoms with Gasteiger partial charge in [0.15, 0.2) is 0 Å². The van der Waals surface area contributed by atoms with Gasteiger partial charge in [0.1, 0.15) is 0 Å². The molecule has 0 spiro atoms. The molecule has 4 nitrogen and oxygen atoms in total. The molecule has 0 fully saturated rings. The van der Waals surface area contributed by atoms with E-state index in [4.69, 9.17) is 0 Å². The first kappa shape index (κ1) is 9.96. The number of pyridine rings is 1. The Bertz CT molecular complexity index is 790. The molecule has 0 saturated heterocycles. The van der Waals surface area contributed by atoms with Crippen LogP contribution in [0.1, 0.15) is 11.4 Å². The van der Waals surface area contributed by atoms with Crippen molar-refractivity contribution < 1.29 is 0 Å². The highest BCUT2D eigenvalue weighted by Gasteiger charge is 2.11. The summed E-state index contributed by atoms with van der Waals surface area (Å²) in [7, 11) is 0. The molecule has 84 valence electrons. The van der Waals surface area contributed by atoms with E-state index in [1.807, 2.05) is 38.1 Å². The van der Waals surface area contributed by atoms with Crippen LogP contribution in [0.4, 0.5) is 0 Å². The Kier molecular flexibility index (Phi) is 1.98. The zero-order chi connectivity index (χ0) is 12.0. The van der Waals surface area contributed by atoms with Gasteiger partial charge in [-0.3, -0.25) is 9.78 Å². The van der Waals surface area contributed by atoms with Gasteiger partial charge < -0.3 is 0 Å². The molecule has 4 heteroatoms. The Labute approximate surface area is 97.3 Å². The number of nitrogens with zero attached hydrogens (tertiary/aromatic N) is 2. The van der Waals surface area contributed by atoms with Gasteiger partial charge in [-0.25, -0.2) is 5.10 Å². The minimum atomic E-state index is -0.160. The molecule has 0 aliphatic carbocycles. The number of hydrogen-bond acceptors (Lipinski definition) is 3. The Morgan fingerprint density at radius 3 is 2.65 bits per heavy atom. The highest BCUT2D eigenvalue weighted by molar-refractivity contribution is 6.06. The summed E-state index contributed by atoms with van der Waals surface area (Å²) in [6, 6.07) is 7.66. The lowest BCUT2D eigenvalue weighted by atomic mass is 10.1. The van der Waals surface area contributed by atoms with Crippen LogP contribution in [0.3, 0.4) is 0 Å². The van der Waals surface area contributed by atoms with Crippen molar-refractivity contribution in [3.8, 4) is 0 Å². The van der Waals surface area contributed by atoms with Crippen LogP contribution in [0.25, 0.3) is 21.7 Å². The average molecular weight is 225 g/mol. The maximum absolute atomic E-state index is 12.0. The number of aromatic nitrogens is 3. The van der Waals surface area contributed by atoms with Crippen LogP contribution in [-0.2, 0) is 0 Å². The van der Waals surface area contributed by atoms with E-state index < -0.39 is 0 Å². The van der Waals surface area contributed by atoms with E-state index in [-0.39, 0.29) is 5.56 Å². The normalized spacial score (nSPS) is 11.2. The molecule has 3 aromatic rings. The predicted octanol–water partition coefficient (Wildman–Crippen LogP) is 2.09. The van der Waals surface area contributed by atoms with Crippen molar-refractivity contribution in [3.63, 3.8) is 0 Å². The lowest BCUT2D eigenvalue weighted by Crippen LogP contribution is -2.11. The largest absolute Gasteiger partial charge is 0.272 e. The summed E-state index contributed by atoms with van der Waals surface area (Å²) in [5.74, 6) is 0. The summed E-state index contributed by atoms with van der Waals surface area (Å²) in [4.78, 5) is 16.5. The second-order valence-electron chi connectivity index (χ2n) is 4.10. The lowest BCUT2D eigenvalue weighted by molar-refractivity contribution is 0.967. The minimum Gasteiger partial charge on any atom is -0.267 e. The average Bonchev–Trinajstić information content (AvgIpc) is 2.33. The maximum atomic E-state index is 12.0. The molecule has 2 aromatic heterocycles. The van der Waals surface area contributed by atoms with Gasteiger partial charge in [-0.2, -0.15) is 5.10 Å².